The van der Waals surface area contributed by atoms with Gasteiger partial charge in [-0.15, -0.1) is 0 Å². The van der Waals surface area contributed by atoms with Crippen LogP contribution in [0.3, 0.4) is 0 Å². The third-order valence-electron chi connectivity index (χ3n) is 3.63. The van der Waals surface area contributed by atoms with Crippen molar-refractivity contribution >= 4 is 137 Å². The maximum atomic E-state index is 5.20. The van der Waals surface area contributed by atoms with Crippen molar-refractivity contribution in [2.45, 2.75) is 107 Å². The third kappa shape index (κ3) is 52.7. The Bertz CT molecular complexity index is 649. The predicted octanol–water partition coefficient (Wildman–Crippen LogP) is 10.1. The molecule has 0 bridgehead atoms. The molecular weight excluding hydrogens is 869 g/mol. The molecule has 0 aliphatic rings. The van der Waals surface area contributed by atoms with E-state index in [-0.39, 0.29) is 17.6 Å². The normalized spacial score (nSPS) is 11.6. The van der Waals surface area contributed by atoms with Crippen LogP contribution in [-0.4, -0.2) is 70.5 Å². The number of hydrogen-bond donors (Lipinski definition) is 0. The van der Waals surface area contributed by atoms with Crippen LogP contribution in [0.4, 0.5) is 0 Å². The van der Waals surface area contributed by atoms with Crippen molar-refractivity contribution in [3.05, 3.63) is 0 Å². The monoisotopic (exact) mass is 926 g/mol. The summed E-state index contributed by atoms with van der Waals surface area (Å²) in [6.45, 7) is 21.1. The molecule has 0 fully saturated rings. The second-order valence-corrected chi connectivity index (χ2v) is 28.4. The molecule has 0 rings (SSSR count). The molecule has 0 radical (unpaired) electrons. The summed E-state index contributed by atoms with van der Waals surface area (Å²) >= 11 is 39.6. The van der Waals surface area contributed by atoms with Gasteiger partial charge < -0.3 is 85.2 Å². The summed E-state index contributed by atoms with van der Waals surface area (Å²) in [6.07, 6.45) is 7.48. The molecular formula is C24H56GeO8P4S8. The van der Waals surface area contributed by atoms with Crippen LogP contribution < -0.4 is 0 Å². The fourth-order valence-corrected chi connectivity index (χ4v) is 8.90. The maximum Gasteiger partial charge on any atom is 4.00 e. The van der Waals surface area contributed by atoms with Gasteiger partial charge in [-0.05, 0) is 51.4 Å². The third-order valence-corrected chi connectivity index (χ3v) is 12.7. The standard InChI is InChI=1S/4C6H15O2PS2.Ge/c4*1-3-5-7-9(10,11)8-6-4-2;/h4*3-6H2,1-2H3,(H,10,11);/q;;;;+4/p-4. The van der Waals surface area contributed by atoms with Crippen molar-refractivity contribution in [3.8, 4) is 0 Å². The van der Waals surface area contributed by atoms with Gasteiger partial charge in [-0.2, -0.15) is 0 Å². The molecule has 0 aliphatic heterocycles. The van der Waals surface area contributed by atoms with Crippen LogP contribution >= 0.6 is 22.8 Å². The molecule has 0 amide bonds. The van der Waals surface area contributed by atoms with Gasteiger partial charge in [0.25, 0.3) is 0 Å². The Hall–Kier alpha value is 4.22. The van der Waals surface area contributed by atoms with Crippen molar-refractivity contribution in [1.82, 2.24) is 0 Å². The van der Waals surface area contributed by atoms with Crippen molar-refractivity contribution in [3.63, 3.8) is 0 Å². The first kappa shape index (κ1) is 58.5. The maximum absolute atomic E-state index is 5.20. The summed E-state index contributed by atoms with van der Waals surface area (Å²) in [5, 5.41) is 0. The van der Waals surface area contributed by atoms with Gasteiger partial charge in [-0.3, -0.25) is 0 Å². The van der Waals surface area contributed by atoms with Crippen LogP contribution in [0.5, 0.6) is 0 Å². The van der Waals surface area contributed by atoms with E-state index in [2.05, 4.69) is 0 Å². The average Bonchev–Trinajstić information content (AvgIpc) is 2.98. The van der Waals surface area contributed by atoms with Crippen molar-refractivity contribution in [1.29, 1.82) is 0 Å². The van der Waals surface area contributed by atoms with Gasteiger partial charge in [0.15, 0.2) is 0 Å². The van der Waals surface area contributed by atoms with E-state index in [1.807, 2.05) is 55.4 Å². The molecule has 0 aromatic carbocycles. The molecule has 272 valence electrons. The first-order valence-corrected chi connectivity index (χ1v) is 29.5. The van der Waals surface area contributed by atoms with Crippen molar-refractivity contribution < 1.29 is 36.2 Å². The molecule has 0 aliphatic carbocycles. The van der Waals surface area contributed by atoms with E-state index in [0.29, 0.717) is 52.9 Å². The second-order valence-electron chi connectivity index (χ2n) is 8.45. The minimum absolute atomic E-state index is 0. The molecule has 0 N–H and O–H groups in total. The van der Waals surface area contributed by atoms with Gasteiger partial charge in [0, 0.05) is 0 Å². The van der Waals surface area contributed by atoms with Crippen LogP contribution in [0.2, 0.25) is 0 Å². The second kappa shape index (κ2) is 39.4. The smallest absolute Gasteiger partial charge is 0.691 e. The fourth-order valence-electron chi connectivity index (χ4n) is 1.77. The molecule has 45 heavy (non-hydrogen) atoms. The van der Waals surface area contributed by atoms with E-state index >= 15 is 0 Å². The Labute approximate surface area is 329 Å². The van der Waals surface area contributed by atoms with Gasteiger partial charge in [-0.25, -0.2) is 0 Å². The minimum Gasteiger partial charge on any atom is -0.691 e. The number of hydrogen-bond acceptors (Lipinski definition) is 16. The van der Waals surface area contributed by atoms with E-state index in [1.54, 1.807) is 0 Å². The molecule has 0 heterocycles. The van der Waals surface area contributed by atoms with Crippen LogP contribution in [0.15, 0.2) is 0 Å². The summed E-state index contributed by atoms with van der Waals surface area (Å²) < 4.78 is 41.6. The zero-order chi connectivity index (χ0) is 35.0. The Morgan fingerprint density at radius 2 is 0.400 bits per heavy atom. The Morgan fingerprint density at radius 3 is 0.467 bits per heavy atom. The molecule has 0 atom stereocenters. The zero-order valence-corrected chi connectivity index (χ0v) is 40.3. The Kier molecular flexibility index (Phi) is 51.3. The van der Waals surface area contributed by atoms with Gasteiger partial charge in [0.05, 0.1) is 75.6 Å². The van der Waals surface area contributed by atoms with Gasteiger partial charge in [0.2, 0.25) is 0 Å². The molecule has 0 spiro atoms. The SMILES string of the molecule is CCCOP(=S)([S-])OCCC.CCCOP(=S)([S-])OCCC.CCCOP(=S)([S-])OCCC.CCCOP(=S)([S-])OCCC.[Ge+4]. The molecule has 8 nitrogen and oxygen atoms in total. The zero-order valence-electron chi connectivity index (χ0n) is 28.1. The van der Waals surface area contributed by atoms with Crippen LogP contribution in [0.25, 0.3) is 0 Å². The van der Waals surface area contributed by atoms with Crippen LogP contribution in [0, 0.1) is 0 Å². The fraction of sp³-hybridized carbons (Fsp3) is 1.00. The molecule has 21 heteroatoms. The largest absolute Gasteiger partial charge is 4.00 e. The van der Waals surface area contributed by atoms with Crippen LogP contribution in [-0.2, 0) is 132 Å². The Morgan fingerprint density at radius 1 is 0.311 bits per heavy atom. The van der Waals surface area contributed by atoms with Crippen molar-refractivity contribution in [2.75, 3.05) is 52.9 Å². The summed E-state index contributed by atoms with van der Waals surface area (Å²) in [6, 6.07) is 0. The van der Waals surface area contributed by atoms with E-state index in [1.165, 1.54) is 0 Å². The predicted molar refractivity (Wildman–Crippen MR) is 222 cm³/mol. The molecule has 0 aromatic rings. The summed E-state index contributed by atoms with van der Waals surface area (Å²) in [4.78, 5) is 0. The quantitative estimate of drug-likeness (QED) is 0.0524. The number of rotatable bonds is 24. The molecule has 0 aromatic heterocycles. The van der Waals surface area contributed by atoms with Crippen LogP contribution in [0.1, 0.15) is 107 Å². The molecule has 0 unspecified atom stereocenters. The summed E-state index contributed by atoms with van der Waals surface area (Å²) in [5.74, 6) is 0. The average molecular weight is 926 g/mol. The summed E-state index contributed by atoms with van der Waals surface area (Å²) in [7, 11) is 0. The van der Waals surface area contributed by atoms with E-state index < -0.39 is 22.8 Å². The first-order chi connectivity index (χ1) is 20.5. The minimum atomic E-state index is -2.31. The Balaban J connectivity index is -0.000000157. The van der Waals surface area contributed by atoms with Gasteiger partial charge >= 0.3 is 17.6 Å². The van der Waals surface area contributed by atoms with Crippen molar-refractivity contribution in [2.24, 2.45) is 0 Å². The van der Waals surface area contributed by atoms with E-state index in [4.69, 9.17) is 132 Å². The van der Waals surface area contributed by atoms with E-state index in [0.717, 1.165) is 51.4 Å². The first-order valence-electron chi connectivity index (χ1n) is 14.9. The summed E-state index contributed by atoms with van der Waals surface area (Å²) in [5.41, 5.74) is -9.24. The van der Waals surface area contributed by atoms with Gasteiger partial charge in [0.1, 0.15) is 0 Å². The van der Waals surface area contributed by atoms with E-state index in [9.17, 15) is 0 Å². The topological polar surface area (TPSA) is 73.8 Å². The van der Waals surface area contributed by atoms with Gasteiger partial charge in [-0.1, -0.05) is 103 Å². The molecule has 0 saturated heterocycles. The molecule has 0 saturated carbocycles.